The van der Waals surface area contributed by atoms with Crippen LogP contribution in [0.2, 0.25) is 0 Å². The predicted molar refractivity (Wildman–Crippen MR) is 93.6 cm³/mol. The molecule has 1 aliphatic rings. The Hall–Kier alpha value is -1.72. The first kappa shape index (κ1) is 17.1. The van der Waals surface area contributed by atoms with Gasteiger partial charge in [-0.05, 0) is 25.0 Å². The van der Waals surface area contributed by atoms with Crippen LogP contribution in [0.15, 0.2) is 60.7 Å². The number of hydrogen-bond donors (Lipinski definition) is 2. The lowest BCUT2D eigenvalue weighted by atomic mass is 9.97. The van der Waals surface area contributed by atoms with Gasteiger partial charge in [-0.25, -0.2) is 0 Å². The topological polar surface area (TPSA) is 50.7 Å². The van der Waals surface area contributed by atoms with Gasteiger partial charge in [0.15, 0.2) is 5.79 Å². The molecule has 0 amide bonds. The zero-order chi connectivity index (χ0) is 17.0. The van der Waals surface area contributed by atoms with Crippen LogP contribution in [0.5, 0.6) is 0 Å². The number of aliphatic hydroxyl groups is 1. The van der Waals surface area contributed by atoms with Gasteiger partial charge in [0.25, 0.3) is 0 Å². The molecule has 4 heteroatoms. The lowest BCUT2D eigenvalue weighted by Gasteiger charge is -2.28. The van der Waals surface area contributed by atoms with E-state index in [9.17, 15) is 5.11 Å². The molecule has 0 radical (unpaired) electrons. The maximum absolute atomic E-state index is 10.5. The van der Waals surface area contributed by atoms with Crippen LogP contribution in [0.25, 0.3) is 0 Å². The zero-order valence-electron chi connectivity index (χ0n) is 14.2. The molecule has 0 aliphatic carbocycles. The third-order valence-electron chi connectivity index (χ3n) is 4.32. The number of ether oxygens (including phenoxy) is 2. The van der Waals surface area contributed by atoms with Crippen LogP contribution in [0.3, 0.4) is 0 Å². The smallest absolute Gasteiger partial charge is 0.162 e. The Bertz CT molecular complexity index is 590. The minimum absolute atomic E-state index is 0.0168. The Kier molecular flexibility index (Phi) is 5.31. The fourth-order valence-electron chi connectivity index (χ4n) is 2.89. The summed E-state index contributed by atoms with van der Waals surface area (Å²) in [6.07, 6.45) is -0.623. The average Bonchev–Trinajstić information content (AvgIpc) is 2.73. The second-order valence-corrected chi connectivity index (χ2v) is 6.62. The molecule has 0 spiro atoms. The zero-order valence-corrected chi connectivity index (χ0v) is 14.2. The molecule has 4 nitrogen and oxygen atoms in total. The van der Waals surface area contributed by atoms with E-state index in [4.69, 9.17) is 9.47 Å². The Labute approximate surface area is 143 Å². The normalized spacial score (nSPS) is 23.8. The molecule has 128 valence electrons. The van der Waals surface area contributed by atoms with E-state index in [0.29, 0.717) is 6.61 Å². The standard InChI is InChI=1S/C20H25NO3/c1-20(2)23-13-17(18(22)14-24-20)21-19(15-9-5-3-6-10-15)16-11-7-4-8-12-16/h3-12,17-19,21-22H,13-14H2,1-2H3/t17-,18-/m0/s1. The first-order valence-corrected chi connectivity index (χ1v) is 8.37. The Morgan fingerprint density at radius 2 is 1.42 bits per heavy atom. The van der Waals surface area contributed by atoms with E-state index in [1.165, 1.54) is 0 Å². The molecule has 1 heterocycles. The molecule has 24 heavy (non-hydrogen) atoms. The van der Waals surface area contributed by atoms with Crippen LogP contribution in [0, 0.1) is 0 Å². The molecule has 1 aliphatic heterocycles. The molecule has 1 saturated heterocycles. The predicted octanol–water partition coefficient (Wildman–Crippen LogP) is 2.88. The SMILES string of the molecule is CC1(C)OC[C@H](NC(c2ccccc2)c2ccccc2)[C@@H](O)CO1. The molecule has 0 unspecified atom stereocenters. The summed E-state index contributed by atoms with van der Waals surface area (Å²) in [7, 11) is 0. The molecule has 0 saturated carbocycles. The van der Waals surface area contributed by atoms with Crippen molar-refractivity contribution >= 4 is 0 Å². The van der Waals surface area contributed by atoms with Crippen molar-refractivity contribution in [2.45, 2.75) is 37.8 Å². The summed E-state index contributed by atoms with van der Waals surface area (Å²) in [4.78, 5) is 0. The van der Waals surface area contributed by atoms with Crippen LogP contribution in [-0.4, -0.2) is 36.3 Å². The quantitative estimate of drug-likeness (QED) is 0.907. The lowest BCUT2D eigenvalue weighted by molar-refractivity contribution is -0.203. The first-order chi connectivity index (χ1) is 11.6. The highest BCUT2D eigenvalue weighted by molar-refractivity contribution is 5.31. The number of rotatable bonds is 4. The third kappa shape index (κ3) is 4.22. The van der Waals surface area contributed by atoms with E-state index < -0.39 is 11.9 Å². The third-order valence-corrected chi connectivity index (χ3v) is 4.32. The van der Waals surface area contributed by atoms with Gasteiger partial charge in [0.1, 0.15) is 0 Å². The molecular weight excluding hydrogens is 302 g/mol. The number of hydrogen-bond acceptors (Lipinski definition) is 4. The highest BCUT2D eigenvalue weighted by Crippen LogP contribution is 2.25. The summed E-state index contributed by atoms with van der Waals surface area (Å²) >= 11 is 0. The largest absolute Gasteiger partial charge is 0.389 e. The van der Waals surface area contributed by atoms with Gasteiger partial charge in [-0.15, -0.1) is 0 Å². The minimum Gasteiger partial charge on any atom is -0.389 e. The minimum atomic E-state index is -0.674. The highest BCUT2D eigenvalue weighted by Gasteiger charge is 2.32. The van der Waals surface area contributed by atoms with E-state index in [0.717, 1.165) is 11.1 Å². The van der Waals surface area contributed by atoms with E-state index in [1.54, 1.807) is 0 Å². The van der Waals surface area contributed by atoms with Crippen LogP contribution in [0.4, 0.5) is 0 Å². The van der Waals surface area contributed by atoms with Gasteiger partial charge in [-0.2, -0.15) is 0 Å². The van der Waals surface area contributed by atoms with Gasteiger partial charge in [0.05, 0.1) is 31.4 Å². The lowest BCUT2D eigenvalue weighted by Crippen LogP contribution is -2.46. The number of benzene rings is 2. The average molecular weight is 327 g/mol. The summed E-state index contributed by atoms with van der Waals surface area (Å²) in [5.74, 6) is -0.674. The summed E-state index contributed by atoms with van der Waals surface area (Å²) in [6, 6.07) is 20.3. The molecule has 1 fully saturated rings. The van der Waals surface area contributed by atoms with Crippen LogP contribution in [-0.2, 0) is 9.47 Å². The van der Waals surface area contributed by atoms with Gasteiger partial charge in [0.2, 0.25) is 0 Å². The Balaban J connectivity index is 1.84. The Morgan fingerprint density at radius 1 is 0.917 bits per heavy atom. The van der Waals surface area contributed by atoms with E-state index in [1.807, 2.05) is 50.2 Å². The van der Waals surface area contributed by atoms with E-state index in [-0.39, 0.29) is 18.7 Å². The van der Waals surface area contributed by atoms with Crippen molar-refractivity contribution in [2.24, 2.45) is 0 Å². The van der Waals surface area contributed by atoms with Gasteiger partial charge < -0.3 is 14.6 Å². The van der Waals surface area contributed by atoms with Crippen molar-refractivity contribution in [3.8, 4) is 0 Å². The highest BCUT2D eigenvalue weighted by atomic mass is 16.7. The van der Waals surface area contributed by atoms with Crippen molar-refractivity contribution < 1.29 is 14.6 Å². The molecule has 2 aromatic rings. The summed E-state index contributed by atoms with van der Waals surface area (Å²) < 4.78 is 11.4. The Morgan fingerprint density at radius 3 is 1.96 bits per heavy atom. The number of nitrogens with one attached hydrogen (secondary N) is 1. The van der Waals surface area contributed by atoms with Crippen molar-refractivity contribution in [1.82, 2.24) is 5.32 Å². The van der Waals surface area contributed by atoms with Gasteiger partial charge >= 0.3 is 0 Å². The summed E-state index contributed by atoms with van der Waals surface area (Å²) in [5.41, 5.74) is 2.31. The molecule has 2 aromatic carbocycles. The van der Waals surface area contributed by atoms with Crippen molar-refractivity contribution in [3.63, 3.8) is 0 Å². The van der Waals surface area contributed by atoms with Gasteiger partial charge in [-0.1, -0.05) is 60.7 Å². The van der Waals surface area contributed by atoms with Gasteiger partial charge in [0, 0.05) is 0 Å². The molecule has 0 bridgehead atoms. The van der Waals surface area contributed by atoms with Gasteiger partial charge in [-0.3, -0.25) is 5.32 Å². The molecule has 0 aromatic heterocycles. The second kappa shape index (κ2) is 7.45. The molecule has 3 rings (SSSR count). The molecular formula is C20H25NO3. The molecule has 2 atom stereocenters. The van der Waals surface area contributed by atoms with E-state index in [2.05, 4.69) is 29.6 Å². The second-order valence-electron chi connectivity index (χ2n) is 6.62. The van der Waals surface area contributed by atoms with Crippen molar-refractivity contribution in [1.29, 1.82) is 0 Å². The first-order valence-electron chi connectivity index (χ1n) is 8.37. The fourth-order valence-corrected chi connectivity index (χ4v) is 2.89. The summed E-state index contributed by atoms with van der Waals surface area (Å²) in [5, 5.41) is 14.0. The van der Waals surface area contributed by atoms with Crippen LogP contribution in [0.1, 0.15) is 31.0 Å². The van der Waals surface area contributed by atoms with Crippen molar-refractivity contribution in [2.75, 3.05) is 13.2 Å². The van der Waals surface area contributed by atoms with Crippen molar-refractivity contribution in [3.05, 3.63) is 71.8 Å². The fraction of sp³-hybridized carbons (Fsp3) is 0.400. The monoisotopic (exact) mass is 327 g/mol. The maximum Gasteiger partial charge on any atom is 0.162 e. The summed E-state index contributed by atoms with van der Waals surface area (Å²) in [6.45, 7) is 4.38. The van der Waals surface area contributed by atoms with Crippen LogP contribution < -0.4 is 5.32 Å². The number of aliphatic hydroxyl groups excluding tert-OH is 1. The maximum atomic E-state index is 10.5. The van der Waals surface area contributed by atoms with E-state index >= 15 is 0 Å². The van der Waals surface area contributed by atoms with Crippen LogP contribution >= 0.6 is 0 Å². The molecule has 2 N–H and O–H groups in total.